The minimum absolute atomic E-state index is 0.0616. The molecule has 0 radical (unpaired) electrons. The number of allylic oxidation sites excluding steroid dienone is 1. The number of likely N-dealkylation sites (N-methyl/N-ethyl adjacent to an activating group) is 1. The molecule has 3 aliphatic heterocycles. The average Bonchev–Trinajstić information content (AvgIpc) is 3.83. The standard InChI is InChI=1S/C38H51FN6O8/c1-4-5-6-7-17-33(47)41-28(23-26-13-10-14-27(39)22-26)34(48)42-29-24-53-38(52)31-16-12-21-45(31)35(49)25(2)40-32(46)18-8-9-19-43(3)37(51)30-15-11-20-44(30)36(29)50/h7,10,13-14,16-17,22,25,28-30H,4-6,8-9,11-12,15,18-21,23-24H2,1-3H3,(H,40,46)(H,41,47)(H,42,48)/b17-7+/t25-,28-,29-,30-/m0/s1. The summed E-state index contributed by atoms with van der Waals surface area (Å²) in [4.78, 5) is 98.1. The van der Waals surface area contributed by atoms with Crippen LogP contribution in [0.15, 0.2) is 48.2 Å². The fourth-order valence-electron chi connectivity index (χ4n) is 6.60. The Kier molecular flexibility index (Phi) is 15.1. The van der Waals surface area contributed by atoms with Crippen molar-refractivity contribution < 1.29 is 42.7 Å². The van der Waals surface area contributed by atoms with E-state index in [1.165, 1.54) is 52.0 Å². The summed E-state index contributed by atoms with van der Waals surface area (Å²) in [5.41, 5.74) is 0.351. The number of fused-ring (bicyclic) bond motifs is 2. The van der Waals surface area contributed by atoms with E-state index >= 15 is 0 Å². The quantitative estimate of drug-likeness (QED) is 0.196. The Balaban J connectivity index is 1.63. The lowest BCUT2D eigenvalue weighted by molar-refractivity contribution is -0.150. The lowest BCUT2D eigenvalue weighted by Crippen LogP contribution is -2.58. The summed E-state index contributed by atoms with van der Waals surface area (Å²) in [7, 11) is 1.62. The molecule has 3 heterocycles. The van der Waals surface area contributed by atoms with Gasteiger partial charge in [-0.15, -0.1) is 0 Å². The number of ether oxygens (including phenoxy) is 1. The molecular weight excluding hydrogens is 687 g/mol. The van der Waals surface area contributed by atoms with Crippen LogP contribution in [-0.4, -0.2) is 114 Å². The van der Waals surface area contributed by atoms with E-state index < -0.39 is 66.2 Å². The lowest BCUT2D eigenvalue weighted by Gasteiger charge is -2.31. The smallest absolute Gasteiger partial charge is 0.354 e. The maximum atomic E-state index is 14.2. The van der Waals surface area contributed by atoms with Crippen molar-refractivity contribution in [2.75, 3.05) is 33.3 Å². The van der Waals surface area contributed by atoms with E-state index in [1.807, 2.05) is 6.92 Å². The van der Waals surface area contributed by atoms with E-state index in [1.54, 1.807) is 19.2 Å². The Labute approximate surface area is 309 Å². The van der Waals surface area contributed by atoms with Crippen molar-refractivity contribution in [1.82, 2.24) is 30.7 Å². The molecule has 0 unspecified atom stereocenters. The third kappa shape index (κ3) is 11.5. The fourth-order valence-corrected chi connectivity index (χ4v) is 6.60. The minimum Gasteiger partial charge on any atom is -0.458 e. The highest BCUT2D eigenvalue weighted by Gasteiger charge is 2.40. The molecule has 0 bridgehead atoms. The van der Waals surface area contributed by atoms with Gasteiger partial charge in [-0.25, -0.2) is 9.18 Å². The zero-order valence-corrected chi connectivity index (χ0v) is 30.7. The third-order valence-electron chi connectivity index (χ3n) is 9.50. The molecule has 0 aromatic heterocycles. The van der Waals surface area contributed by atoms with Gasteiger partial charge in [-0.2, -0.15) is 0 Å². The van der Waals surface area contributed by atoms with Gasteiger partial charge in [0.05, 0.1) is 0 Å². The minimum atomic E-state index is -1.48. The highest BCUT2D eigenvalue weighted by atomic mass is 19.1. The van der Waals surface area contributed by atoms with Gasteiger partial charge in [0.1, 0.15) is 42.3 Å². The van der Waals surface area contributed by atoms with Gasteiger partial charge in [0, 0.05) is 39.5 Å². The van der Waals surface area contributed by atoms with Crippen molar-refractivity contribution in [3.05, 3.63) is 59.6 Å². The molecule has 3 aliphatic rings. The van der Waals surface area contributed by atoms with Crippen molar-refractivity contribution in [3.8, 4) is 0 Å². The van der Waals surface area contributed by atoms with E-state index in [4.69, 9.17) is 4.74 Å². The van der Waals surface area contributed by atoms with Gasteiger partial charge in [0.25, 0.3) is 0 Å². The topological polar surface area (TPSA) is 175 Å². The molecule has 288 valence electrons. The van der Waals surface area contributed by atoms with E-state index in [0.717, 1.165) is 12.8 Å². The summed E-state index contributed by atoms with van der Waals surface area (Å²) in [6.07, 6.45) is 9.21. The lowest BCUT2D eigenvalue weighted by atomic mass is 10.0. The summed E-state index contributed by atoms with van der Waals surface area (Å²) in [6.45, 7) is 3.60. The first-order chi connectivity index (χ1) is 25.4. The number of carbonyl (C=O) groups is 7. The Hall–Kier alpha value is -5.08. The SMILES string of the molecule is CCCC/C=C/C(=O)N[C@@H](Cc1cccc(F)c1)C(=O)N[C@H]1COC(=O)C2=CCCN2C(=O)[C@H](C)NC(=O)CCCCN(C)C(=O)[C@@H]2CCCN2C1=O. The third-order valence-corrected chi connectivity index (χ3v) is 9.50. The molecule has 4 rings (SSSR count). The molecule has 4 atom stereocenters. The van der Waals surface area contributed by atoms with Crippen molar-refractivity contribution >= 4 is 41.4 Å². The number of nitrogens with zero attached hydrogens (tertiary/aromatic N) is 3. The van der Waals surface area contributed by atoms with Crippen LogP contribution in [0.3, 0.4) is 0 Å². The number of carbonyl (C=O) groups excluding carboxylic acids is 7. The van der Waals surface area contributed by atoms with Gasteiger partial charge in [-0.3, -0.25) is 28.8 Å². The number of rotatable bonds is 9. The Morgan fingerprint density at radius 2 is 1.85 bits per heavy atom. The summed E-state index contributed by atoms with van der Waals surface area (Å²) < 4.78 is 19.7. The normalized spacial score (nSPS) is 22.9. The van der Waals surface area contributed by atoms with Crippen molar-refractivity contribution in [2.24, 2.45) is 0 Å². The molecule has 53 heavy (non-hydrogen) atoms. The van der Waals surface area contributed by atoms with E-state index in [0.29, 0.717) is 50.6 Å². The van der Waals surface area contributed by atoms with Crippen LogP contribution in [-0.2, 0) is 44.7 Å². The monoisotopic (exact) mass is 738 g/mol. The molecular formula is C38H51FN6O8. The highest BCUT2D eigenvalue weighted by Crippen LogP contribution is 2.22. The molecule has 2 fully saturated rings. The molecule has 2 saturated heterocycles. The zero-order chi connectivity index (χ0) is 38.5. The summed E-state index contributed by atoms with van der Waals surface area (Å²) in [5, 5.41) is 7.97. The molecule has 6 amide bonds. The molecule has 0 saturated carbocycles. The van der Waals surface area contributed by atoms with Gasteiger partial charge in [-0.1, -0.05) is 44.1 Å². The van der Waals surface area contributed by atoms with Gasteiger partial charge >= 0.3 is 5.97 Å². The summed E-state index contributed by atoms with van der Waals surface area (Å²) in [5.74, 6) is -4.63. The number of cyclic esters (lactones) is 1. The molecule has 14 nitrogen and oxygen atoms in total. The van der Waals surface area contributed by atoms with Crippen molar-refractivity contribution in [1.29, 1.82) is 0 Å². The number of unbranched alkanes of at least 4 members (excludes halogenated alkanes) is 2. The van der Waals surface area contributed by atoms with E-state index in [9.17, 15) is 38.0 Å². The maximum absolute atomic E-state index is 14.2. The van der Waals surface area contributed by atoms with Crippen molar-refractivity contribution in [3.63, 3.8) is 0 Å². The molecule has 0 spiro atoms. The van der Waals surface area contributed by atoms with Crippen LogP contribution in [0.1, 0.15) is 77.2 Å². The highest BCUT2D eigenvalue weighted by molar-refractivity contribution is 5.98. The Morgan fingerprint density at radius 3 is 2.60 bits per heavy atom. The largest absolute Gasteiger partial charge is 0.458 e. The molecule has 1 aromatic carbocycles. The van der Waals surface area contributed by atoms with Gasteiger partial charge in [0.2, 0.25) is 35.4 Å². The molecule has 1 aromatic rings. The van der Waals surface area contributed by atoms with Crippen molar-refractivity contribution in [2.45, 2.75) is 102 Å². The number of halogens is 1. The molecule has 15 heteroatoms. The first-order valence-corrected chi connectivity index (χ1v) is 18.4. The molecule has 3 N–H and O–H groups in total. The second-order valence-corrected chi connectivity index (χ2v) is 13.7. The van der Waals surface area contributed by atoms with Gasteiger partial charge in [0.15, 0.2) is 0 Å². The molecule has 0 aliphatic carbocycles. The Morgan fingerprint density at radius 1 is 1.06 bits per heavy atom. The zero-order valence-electron chi connectivity index (χ0n) is 30.7. The summed E-state index contributed by atoms with van der Waals surface area (Å²) >= 11 is 0. The second kappa shape index (κ2) is 19.7. The number of esters is 1. The van der Waals surface area contributed by atoms with Crippen LogP contribution in [0.5, 0.6) is 0 Å². The van der Waals surface area contributed by atoms with Crippen LogP contribution in [0, 0.1) is 5.82 Å². The Bertz CT molecular complexity index is 1600. The van der Waals surface area contributed by atoms with Gasteiger partial charge in [-0.05, 0) is 69.2 Å². The fraction of sp³-hybridized carbons (Fsp3) is 0.553. The van der Waals surface area contributed by atoms with Crippen LogP contribution in [0.4, 0.5) is 4.39 Å². The van der Waals surface area contributed by atoms with E-state index in [-0.39, 0.29) is 43.4 Å². The number of benzene rings is 1. The number of amides is 6. The number of hydrogen-bond acceptors (Lipinski definition) is 8. The van der Waals surface area contributed by atoms with Gasteiger partial charge < -0.3 is 35.4 Å². The van der Waals surface area contributed by atoms with Crippen LogP contribution < -0.4 is 16.0 Å². The van der Waals surface area contributed by atoms with E-state index in [2.05, 4.69) is 16.0 Å². The maximum Gasteiger partial charge on any atom is 0.354 e. The first kappa shape index (κ1) is 40.7. The second-order valence-electron chi connectivity index (χ2n) is 13.7. The number of nitrogens with one attached hydrogen (secondary N) is 3. The number of hydrogen-bond donors (Lipinski definition) is 3. The average molecular weight is 739 g/mol. The first-order valence-electron chi connectivity index (χ1n) is 18.4. The predicted octanol–water partition coefficient (Wildman–Crippen LogP) is 1.88. The summed E-state index contributed by atoms with van der Waals surface area (Å²) in [6, 6.07) is 1.05. The predicted molar refractivity (Wildman–Crippen MR) is 192 cm³/mol. The van der Waals surface area contributed by atoms with Crippen LogP contribution in [0.2, 0.25) is 0 Å². The van der Waals surface area contributed by atoms with Crippen LogP contribution in [0.25, 0.3) is 0 Å². The van der Waals surface area contributed by atoms with Crippen LogP contribution >= 0.6 is 0 Å².